The molecule has 0 amide bonds. The van der Waals surface area contributed by atoms with Crippen molar-refractivity contribution in [2.45, 2.75) is 20.0 Å². The number of hydrogen-bond acceptors (Lipinski definition) is 3. The molecule has 0 radical (unpaired) electrons. The van der Waals surface area contributed by atoms with Gasteiger partial charge in [0.15, 0.2) is 0 Å². The van der Waals surface area contributed by atoms with Crippen LogP contribution in [0.5, 0.6) is 5.75 Å². The van der Waals surface area contributed by atoms with Crippen molar-refractivity contribution in [1.29, 1.82) is 0 Å². The van der Waals surface area contributed by atoms with Crippen LogP contribution in [0.3, 0.4) is 0 Å². The van der Waals surface area contributed by atoms with E-state index in [1.54, 1.807) is 6.20 Å². The maximum absolute atomic E-state index is 5.49. The van der Waals surface area contributed by atoms with E-state index in [9.17, 15) is 0 Å². The third-order valence-electron chi connectivity index (χ3n) is 2.72. The summed E-state index contributed by atoms with van der Waals surface area (Å²) >= 11 is 6.91. The molecule has 3 nitrogen and oxygen atoms in total. The summed E-state index contributed by atoms with van der Waals surface area (Å²) in [6.45, 7) is 4.17. The maximum atomic E-state index is 5.49. The molecule has 0 aliphatic rings. The van der Waals surface area contributed by atoms with Gasteiger partial charge in [0, 0.05) is 28.2 Å². The molecule has 1 heterocycles. The number of nitrogens with one attached hydrogen (secondary N) is 1. The molecule has 0 saturated heterocycles. The molecule has 106 valence electrons. The summed E-state index contributed by atoms with van der Waals surface area (Å²) in [5.41, 5.74) is 2.19. The van der Waals surface area contributed by atoms with Crippen LogP contribution >= 0.6 is 31.9 Å². The van der Waals surface area contributed by atoms with E-state index in [0.29, 0.717) is 13.2 Å². The van der Waals surface area contributed by atoms with Crippen LogP contribution in [-0.2, 0) is 13.1 Å². The summed E-state index contributed by atoms with van der Waals surface area (Å²) < 4.78 is 7.46. The average molecular weight is 400 g/mol. The summed E-state index contributed by atoms with van der Waals surface area (Å²) in [5, 5.41) is 3.38. The van der Waals surface area contributed by atoms with Gasteiger partial charge < -0.3 is 10.1 Å². The van der Waals surface area contributed by atoms with Crippen LogP contribution in [0.1, 0.15) is 18.2 Å². The summed E-state index contributed by atoms with van der Waals surface area (Å²) in [5.74, 6) is 0.912. The highest BCUT2D eigenvalue weighted by atomic mass is 79.9. The molecule has 0 aliphatic carbocycles. The lowest BCUT2D eigenvalue weighted by Gasteiger charge is -2.08. The lowest BCUT2D eigenvalue weighted by molar-refractivity contribution is 0.340. The van der Waals surface area contributed by atoms with Gasteiger partial charge in [0.1, 0.15) is 5.75 Å². The lowest BCUT2D eigenvalue weighted by atomic mass is 10.2. The first-order chi connectivity index (χ1) is 9.69. The monoisotopic (exact) mass is 398 g/mol. The van der Waals surface area contributed by atoms with Crippen LogP contribution in [0.4, 0.5) is 0 Å². The average Bonchev–Trinajstić information content (AvgIpc) is 2.42. The summed E-state index contributed by atoms with van der Waals surface area (Å²) in [6.07, 6.45) is 1.80. The SMILES string of the molecule is CCOc1cccc(CNCc2ncc(Br)cc2Br)c1. The van der Waals surface area contributed by atoms with E-state index >= 15 is 0 Å². The molecule has 0 fully saturated rings. The highest BCUT2D eigenvalue weighted by molar-refractivity contribution is 9.11. The number of halogens is 2. The van der Waals surface area contributed by atoms with E-state index in [1.807, 2.05) is 25.1 Å². The number of nitrogens with zero attached hydrogens (tertiary/aromatic N) is 1. The van der Waals surface area contributed by atoms with Crippen LogP contribution in [0.2, 0.25) is 0 Å². The fourth-order valence-corrected chi connectivity index (χ4v) is 2.94. The Morgan fingerprint density at radius 1 is 1.20 bits per heavy atom. The third-order valence-corrected chi connectivity index (χ3v) is 3.84. The summed E-state index contributed by atoms with van der Waals surface area (Å²) in [6, 6.07) is 10.1. The minimum Gasteiger partial charge on any atom is -0.494 e. The minimum atomic E-state index is 0.687. The van der Waals surface area contributed by atoms with Crippen LogP contribution < -0.4 is 10.1 Å². The van der Waals surface area contributed by atoms with Gasteiger partial charge in [-0.15, -0.1) is 0 Å². The van der Waals surface area contributed by atoms with Crippen LogP contribution in [0.25, 0.3) is 0 Å². The highest BCUT2D eigenvalue weighted by Crippen LogP contribution is 2.19. The number of pyridine rings is 1. The van der Waals surface area contributed by atoms with Gasteiger partial charge in [-0.1, -0.05) is 12.1 Å². The van der Waals surface area contributed by atoms with E-state index in [1.165, 1.54) is 5.56 Å². The molecule has 0 bridgehead atoms. The van der Waals surface area contributed by atoms with Gasteiger partial charge >= 0.3 is 0 Å². The fraction of sp³-hybridized carbons (Fsp3) is 0.267. The first-order valence-corrected chi connectivity index (χ1v) is 8.00. The number of rotatable bonds is 6. The fourth-order valence-electron chi connectivity index (χ4n) is 1.81. The zero-order chi connectivity index (χ0) is 14.4. The van der Waals surface area contributed by atoms with E-state index in [-0.39, 0.29) is 0 Å². The molecule has 2 rings (SSSR count). The molecule has 1 aromatic carbocycles. The van der Waals surface area contributed by atoms with E-state index in [4.69, 9.17) is 4.74 Å². The van der Waals surface area contributed by atoms with Gasteiger partial charge in [-0.05, 0) is 62.5 Å². The van der Waals surface area contributed by atoms with Crippen LogP contribution in [0.15, 0.2) is 45.5 Å². The predicted molar refractivity (Wildman–Crippen MR) is 87.8 cm³/mol. The van der Waals surface area contributed by atoms with Crippen molar-refractivity contribution in [3.05, 3.63) is 56.7 Å². The van der Waals surface area contributed by atoms with Gasteiger partial charge in [0.05, 0.1) is 12.3 Å². The Kier molecular flexibility index (Phi) is 6.01. The van der Waals surface area contributed by atoms with E-state index < -0.39 is 0 Å². The minimum absolute atomic E-state index is 0.687. The number of aromatic nitrogens is 1. The molecule has 0 unspecified atom stereocenters. The first-order valence-electron chi connectivity index (χ1n) is 6.41. The topological polar surface area (TPSA) is 34.1 Å². The van der Waals surface area contributed by atoms with Crippen molar-refractivity contribution in [2.75, 3.05) is 6.61 Å². The Bertz CT molecular complexity index is 576. The van der Waals surface area contributed by atoms with E-state index in [2.05, 4.69) is 54.3 Å². The Morgan fingerprint density at radius 2 is 2.05 bits per heavy atom. The zero-order valence-electron chi connectivity index (χ0n) is 11.2. The summed E-state index contributed by atoms with van der Waals surface area (Å²) in [7, 11) is 0. The molecule has 20 heavy (non-hydrogen) atoms. The van der Waals surface area contributed by atoms with Crippen molar-refractivity contribution in [3.8, 4) is 5.75 Å². The summed E-state index contributed by atoms with van der Waals surface area (Å²) in [4.78, 5) is 4.38. The number of ether oxygens (including phenoxy) is 1. The molecular formula is C15H16Br2N2O. The quantitative estimate of drug-likeness (QED) is 0.786. The van der Waals surface area contributed by atoms with E-state index in [0.717, 1.165) is 26.9 Å². The van der Waals surface area contributed by atoms with Crippen molar-refractivity contribution < 1.29 is 4.74 Å². The molecular weight excluding hydrogens is 384 g/mol. The predicted octanol–water partition coefficient (Wildman–Crippen LogP) is 4.30. The van der Waals surface area contributed by atoms with Gasteiger partial charge in [0.2, 0.25) is 0 Å². The van der Waals surface area contributed by atoms with Crippen LogP contribution in [-0.4, -0.2) is 11.6 Å². The molecule has 0 saturated carbocycles. The molecule has 1 N–H and O–H groups in total. The Hall–Kier alpha value is -0.910. The lowest BCUT2D eigenvalue weighted by Crippen LogP contribution is -2.14. The van der Waals surface area contributed by atoms with Crippen molar-refractivity contribution in [2.24, 2.45) is 0 Å². The smallest absolute Gasteiger partial charge is 0.119 e. The Balaban J connectivity index is 1.90. The molecule has 0 aliphatic heterocycles. The van der Waals surface area contributed by atoms with Gasteiger partial charge in [-0.2, -0.15) is 0 Å². The highest BCUT2D eigenvalue weighted by Gasteiger charge is 2.02. The maximum Gasteiger partial charge on any atom is 0.119 e. The molecule has 2 aromatic rings. The molecule has 0 atom stereocenters. The molecule has 5 heteroatoms. The second-order valence-corrected chi connectivity index (χ2v) is 6.04. The first kappa shape index (κ1) is 15.5. The van der Waals surface area contributed by atoms with Gasteiger partial charge in [-0.25, -0.2) is 0 Å². The van der Waals surface area contributed by atoms with Crippen molar-refractivity contribution >= 4 is 31.9 Å². The van der Waals surface area contributed by atoms with Crippen molar-refractivity contribution in [3.63, 3.8) is 0 Å². The normalized spacial score (nSPS) is 10.6. The Morgan fingerprint density at radius 3 is 2.80 bits per heavy atom. The van der Waals surface area contributed by atoms with Gasteiger partial charge in [-0.3, -0.25) is 4.98 Å². The molecule has 1 aromatic heterocycles. The second kappa shape index (κ2) is 7.76. The Labute approximate surface area is 136 Å². The largest absolute Gasteiger partial charge is 0.494 e. The third kappa shape index (κ3) is 4.58. The van der Waals surface area contributed by atoms with Crippen molar-refractivity contribution in [1.82, 2.24) is 10.3 Å². The second-order valence-electron chi connectivity index (χ2n) is 4.27. The number of benzene rings is 1. The molecule has 0 spiro atoms. The zero-order valence-corrected chi connectivity index (χ0v) is 14.4. The standard InChI is InChI=1S/C15H16Br2N2O/c1-2-20-13-5-3-4-11(6-13)8-18-10-15-14(17)7-12(16)9-19-15/h3-7,9,18H,2,8,10H2,1H3. The van der Waals surface area contributed by atoms with Crippen LogP contribution in [0, 0.1) is 0 Å². The van der Waals surface area contributed by atoms with Gasteiger partial charge in [0.25, 0.3) is 0 Å². The number of hydrogen-bond donors (Lipinski definition) is 1.